The smallest absolute Gasteiger partial charge is 0.0605 e. The number of pyridine rings is 1. The predicted octanol–water partition coefficient (Wildman–Crippen LogP) is 1.97. The van der Waals surface area contributed by atoms with Crippen molar-refractivity contribution in [3.05, 3.63) is 24.0 Å². The van der Waals surface area contributed by atoms with Gasteiger partial charge in [0, 0.05) is 25.3 Å². The van der Waals surface area contributed by atoms with Crippen LogP contribution in [-0.2, 0) is 0 Å². The molecule has 2 heterocycles. The monoisotopic (exact) mass is 219 g/mol. The van der Waals surface area contributed by atoms with Gasteiger partial charge in [-0.2, -0.15) is 0 Å². The molecule has 1 aliphatic heterocycles. The Morgan fingerprint density at radius 1 is 1.56 bits per heavy atom. The number of nitrogens with zero attached hydrogens (tertiary/aromatic N) is 2. The van der Waals surface area contributed by atoms with Gasteiger partial charge in [-0.15, -0.1) is 0 Å². The number of nitrogens with one attached hydrogen (secondary N) is 1. The molecule has 0 spiro atoms. The van der Waals surface area contributed by atoms with Crippen LogP contribution < -0.4 is 10.2 Å². The van der Waals surface area contributed by atoms with Crippen molar-refractivity contribution >= 4 is 5.69 Å². The molecule has 2 rings (SSSR count). The summed E-state index contributed by atoms with van der Waals surface area (Å²) < 4.78 is 0. The third-order valence-electron chi connectivity index (χ3n) is 3.29. The number of anilines is 1. The zero-order valence-corrected chi connectivity index (χ0v) is 10.2. The van der Waals surface area contributed by atoms with Crippen molar-refractivity contribution < 1.29 is 0 Å². The Morgan fingerprint density at radius 2 is 2.44 bits per heavy atom. The highest BCUT2D eigenvalue weighted by Crippen LogP contribution is 2.19. The van der Waals surface area contributed by atoms with Crippen LogP contribution in [0.25, 0.3) is 0 Å². The summed E-state index contributed by atoms with van der Waals surface area (Å²) in [6.07, 6.45) is 4.27. The second-order valence-corrected chi connectivity index (χ2v) is 4.47. The fourth-order valence-electron chi connectivity index (χ4n) is 2.30. The molecule has 0 bridgehead atoms. The fourth-order valence-corrected chi connectivity index (χ4v) is 2.30. The summed E-state index contributed by atoms with van der Waals surface area (Å²) in [6, 6.07) is 4.82. The van der Waals surface area contributed by atoms with Gasteiger partial charge in [-0.1, -0.05) is 6.92 Å². The largest absolute Gasteiger partial charge is 0.368 e. The fraction of sp³-hybridized carbons (Fsp3) is 0.615. The molecule has 1 fully saturated rings. The van der Waals surface area contributed by atoms with Crippen LogP contribution in [0.3, 0.4) is 0 Å². The van der Waals surface area contributed by atoms with Gasteiger partial charge in [0.25, 0.3) is 0 Å². The van der Waals surface area contributed by atoms with Gasteiger partial charge in [0.2, 0.25) is 0 Å². The Balaban J connectivity index is 2.16. The van der Waals surface area contributed by atoms with Crippen molar-refractivity contribution in [2.45, 2.75) is 32.7 Å². The van der Waals surface area contributed by atoms with Gasteiger partial charge in [-0.05, 0) is 38.4 Å². The summed E-state index contributed by atoms with van der Waals surface area (Å²) in [7, 11) is 0. The summed E-state index contributed by atoms with van der Waals surface area (Å²) in [5, 5.41) is 3.59. The third kappa shape index (κ3) is 2.53. The summed E-state index contributed by atoms with van der Waals surface area (Å²) in [6.45, 7) is 7.71. The average Bonchev–Trinajstić information content (AvgIpc) is 2.55. The van der Waals surface area contributed by atoms with Gasteiger partial charge in [0.05, 0.1) is 11.4 Å². The highest BCUT2D eigenvalue weighted by Gasteiger charge is 2.17. The predicted molar refractivity (Wildman–Crippen MR) is 67.9 cm³/mol. The molecule has 1 saturated heterocycles. The molecule has 1 atom stereocenters. The molecule has 1 aromatic rings. The first-order valence-corrected chi connectivity index (χ1v) is 6.21. The van der Waals surface area contributed by atoms with E-state index < -0.39 is 0 Å². The van der Waals surface area contributed by atoms with Crippen LogP contribution in [0.15, 0.2) is 18.3 Å². The van der Waals surface area contributed by atoms with Crippen LogP contribution in [0.2, 0.25) is 0 Å². The molecule has 1 N–H and O–H groups in total. The first kappa shape index (κ1) is 11.4. The lowest BCUT2D eigenvalue weighted by molar-refractivity contribution is 0.528. The van der Waals surface area contributed by atoms with Crippen molar-refractivity contribution in [2.75, 3.05) is 24.5 Å². The number of aryl methyl sites for hydroxylation is 1. The van der Waals surface area contributed by atoms with E-state index in [1.807, 2.05) is 12.3 Å². The number of hydrogen-bond donors (Lipinski definition) is 1. The normalized spacial score (nSPS) is 21.9. The van der Waals surface area contributed by atoms with Crippen molar-refractivity contribution in [3.8, 4) is 0 Å². The molecular weight excluding hydrogens is 198 g/mol. The molecule has 0 amide bonds. The molecule has 0 aromatic carbocycles. The van der Waals surface area contributed by atoms with Crippen LogP contribution in [-0.4, -0.2) is 30.7 Å². The van der Waals surface area contributed by atoms with Gasteiger partial charge in [-0.25, -0.2) is 0 Å². The number of aromatic nitrogens is 1. The van der Waals surface area contributed by atoms with Gasteiger partial charge in [0.1, 0.15) is 0 Å². The Hall–Kier alpha value is -1.09. The third-order valence-corrected chi connectivity index (χ3v) is 3.29. The zero-order chi connectivity index (χ0) is 11.4. The van der Waals surface area contributed by atoms with E-state index in [-0.39, 0.29) is 0 Å². The maximum atomic E-state index is 4.37. The minimum atomic E-state index is 0.613. The molecule has 1 unspecified atom stereocenters. The standard InChI is InChI=1S/C13H21N3/c1-3-12-10-16(9-5-8-15-12)13-6-4-7-14-11(13)2/h4,6-7,12,15H,3,5,8-10H2,1-2H3. The van der Waals surface area contributed by atoms with Crippen LogP contribution in [0.4, 0.5) is 5.69 Å². The quantitative estimate of drug-likeness (QED) is 0.824. The first-order chi connectivity index (χ1) is 7.81. The van der Waals surface area contributed by atoms with Crippen molar-refractivity contribution in [2.24, 2.45) is 0 Å². The molecule has 16 heavy (non-hydrogen) atoms. The van der Waals surface area contributed by atoms with E-state index in [1.165, 1.54) is 18.5 Å². The second kappa shape index (κ2) is 5.30. The minimum Gasteiger partial charge on any atom is -0.368 e. The van der Waals surface area contributed by atoms with Gasteiger partial charge < -0.3 is 10.2 Å². The summed E-state index contributed by atoms with van der Waals surface area (Å²) >= 11 is 0. The second-order valence-electron chi connectivity index (χ2n) is 4.47. The Bertz CT molecular complexity index is 338. The summed E-state index contributed by atoms with van der Waals surface area (Å²) in [4.78, 5) is 6.84. The van der Waals surface area contributed by atoms with E-state index in [1.54, 1.807) is 0 Å². The van der Waals surface area contributed by atoms with E-state index in [0.29, 0.717) is 6.04 Å². The lowest BCUT2D eigenvalue weighted by atomic mass is 10.2. The van der Waals surface area contributed by atoms with E-state index in [0.717, 1.165) is 25.3 Å². The number of rotatable bonds is 2. The summed E-state index contributed by atoms with van der Waals surface area (Å²) in [5.74, 6) is 0. The van der Waals surface area contributed by atoms with Gasteiger partial charge >= 0.3 is 0 Å². The molecular formula is C13H21N3. The molecule has 3 heteroatoms. The van der Waals surface area contributed by atoms with Gasteiger partial charge in [0.15, 0.2) is 0 Å². The maximum absolute atomic E-state index is 4.37. The lowest BCUT2D eigenvalue weighted by Crippen LogP contribution is -2.37. The minimum absolute atomic E-state index is 0.613. The highest BCUT2D eigenvalue weighted by atomic mass is 15.2. The molecule has 1 aromatic heterocycles. The van der Waals surface area contributed by atoms with E-state index in [9.17, 15) is 0 Å². The van der Waals surface area contributed by atoms with Crippen LogP contribution in [0.1, 0.15) is 25.5 Å². The zero-order valence-electron chi connectivity index (χ0n) is 10.2. The molecule has 0 radical (unpaired) electrons. The highest BCUT2D eigenvalue weighted by molar-refractivity contribution is 5.50. The van der Waals surface area contributed by atoms with Crippen LogP contribution in [0, 0.1) is 6.92 Å². The van der Waals surface area contributed by atoms with E-state index >= 15 is 0 Å². The maximum Gasteiger partial charge on any atom is 0.0605 e. The molecule has 0 saturated carbocycles. The van der Waals surface area contributed by atoms with Crippen LogP contribution >= 0.6 is 0 Å². The topological polar surface area (TPSA) is 28.2 Å². The van der Waals surface area contributed by atoms with Crippen molar-refractivity contribution in [3.63, 3.8) is 0 Å². The summed E-state index contributed by atoms with van der Waals surface area (Å²) in [5.41, 5.74) is 2.43. The van der Waals surface area contributed by atoms with Gasteiger partial charge in [-0.3, -0.25) is 4.98 Å². The Labute approximate surface area is 97.9 Å². The average molecular weight is 219 g/mol. The van der Waals surface area contributed by atoms with Crippen molar-refractivity contribution in [1.29, 1.82) is 0 Å². The SMILES string of the molecule is CCC1CN(c2cccnc2C)CCCN1. The van der Waals surface area contributed by atoms with Crippen LogP contribution in [0.5, 0.6) is 0 Å². The molecule has 88 valence electrons. The number of hydrogen-bond acceptors (Lipinski definition) is 3. The molecule has 3 nitrogen and oxygen atoms in total. The van der Waals surface area contributed by atoms with E-state index in [2.05, 4.69) is 35.1 Å². The molecule has 1 aliphatic rings. The Morgan fingerprint density at radius 3 is 3.19 bits per heavy atom. The van der Waals surface area contributed by atoms with Crippen molar-refractivity contribution in [1.82, 2.24) is 10.3 Å². The molecule has 0 aliphatic carbocycles. The Kier molecular flexibility index (Phi) is 3.78. The lowest BCUT2D eigenvalue weighted by Gasteiger charge is -2.26. The van der Waals surface area contributed by atoms with E-state index in [4.69, 9.17) is 0 Å². The first-order valence-electron chi connectivity index (χ1n) is 6.21.